The van der Waals surface area contributed by atoms with Crippen LogP contribution in [0.3, 0.4) is 0 Å². The van der Waals surface area contributed by atoms with Crippen molar-refractivity contribution in [1.29, 1.82) is 0 Å². The Kier molecular flexibility index (Phi) is 2.70. The number of hydrogen-bond acceptors (Lipinski definition) is 3. The monoisotopic (exact) mass is 209 g/mol. The topological polar surface area (TPSA) is 68.0 Å². The molecule has 1 N–H and O–H groups in total. The van der Waals surface area contributed by atoms with E-state index in [9.17, 15) is 4.79 Å². The number of nitrogens with zero attached hydrogens (tertiary/aromatic N) is 3. The van der Waals surface area contributed by atoms with Crippen LogP contribution in [0.15, 0.2) is 6.33 Å². The van der Waals surface area contributed by atoms with E-state index in [-0.39, 0.29) is 11.8 Å². The van der Waals surface area contributed by atoms with Gasteiger partial charge in [-0.3, -0.25) is 4.79 Å². The van der Waals surface area contributed by atoms with Gasteiger partial charge in [0.2, 0.25) is 0 Å². The maximum Gasteiger partial charge on any atom is 0.307 e. The van der Waals surface area contributed by atoms with Gasteiger partial charge < -0.3 is 9.67 Å². The van der Waals surface area contributed by atoms with Gasteiger partial charge in [-0.1, -0.05) is 12.8 Å². The third kappa shape index (κ3) is 1.86. The van der Waals surface area contributed by atoms with Crippen LogP contribution in [0.2, 0.25) is 0 Å². The first-order chi connectivity index (χ1) is 7.20. The Morgan fingerprint density at radius 1 is 1.53 bits per heavy atom. The van der Waals surface area contributed by atoms with Crippen LogP contribution in [0, 0.1) is 5.92 Å². The Morgan fingerprint density at radius 3 is 2.87 bits per heavy atom. The van der Waals surface area contributed by atoms with Gasteiger partial charge >= 0.3 is 5.97 Å². The fraction of sp³-hybridized carbons (Fsp3) is 0.700. The second kappa shape index (κ2) is 4.00. The number of rotatable bonds is 2. The summed E-state index contributed by atoms with van der Waals surface area (Å²) in [5, 5.41) is 17.0. The predicted molar refractivity (Wildman–Crippen MR) is 53.3 cm³/mol. The minimum Gasteiger partial charge on any atom is -0.481 e. The van der Waals surface area contributed by atoms with Gasteiger partial charge in [0.25, 0.3) is 0 Å². The predicted octanol–water partition coefficient (Wildman–Crippen LogP) is 1.17. The van der Waals surface area contributed by atoms with Crippen LogP contribution < -0.4 is 0 Å². The molecule has 0 amide bonds. The van der Waals surface area contributed by atoms with Crippen molar-refractivity contribution in [3.05, 3.63) is 12.2 Å². The largest absolute Gasteiger partial charge is 0.481 e. The lowest BCUT2D eigenvalue weighted by Crippen LogP contribution is -2.27. The zero-order valence-electron chi connectivity index (χ0n) is 8.76. The first kappa shape index (κ1) is 10.1. The second-order valence-corrected chi connectivity index (χ2v) is 4.14. The lowest BCUT2D eigenvalue weighted by molar-refractivity contribution is -0.143. The summed E-state index contributed by atoms with van der Waals surface area (Å²) in [5.74, 6) is -0.157. The Bertz CT molecular complexity index is 361. The molecule has 82 valence electrons. The quantitative estimate of drug-likeness (QED) is 0.794. The molecule has 15 heavy (non-hydrogen) atoms. The van der Waals surface area contributed by atoms with Gasteiger partial charge in [0.15, 0.2) is 0 Å². The van der Waals surface area contributed by atoms with Gasteiger partial charge in [-0.05, 0) is 12.8 Å². The third-order valence-electron chi connectivity index (χ3n) is 3.16. The zero-order chi connectivity index (χ0) is 10.8. The summed E-state index contributed by atoms with van der Waals surface area (Å²) >= 11 is 0. The van der Waals surface area contributed by atoms with E-state index in [0.717, 1.165) is 31.5 Å². The van der Waals surface area contributed by atoms with E-state index in [4.69, 9.17) is 5.11 Å². The number of carboxylic acid groups (broad SMARTS) is 1. The van der Waals surface area contributed by atoms with Crippen LogP contribution in [-0.2, 0) is 11.8 Å². The van der Waals surface area contributed by atoms with E-state index >= 15 is 0 Å². The molecule has 0 unspecified atom stereocenters. The summed E-state index contributed by atoms with van der Waals surface area (Å²) in [5.41, 5.74) is 0. The van der Waals surface area contributed by atoms with Crippen LogP contribution >= 0.6 is 0 Å². The molecule has 1 fully saturated rings. The number of aryl methyl sites for hydroxylation is 1. The highest BCUT2D eigenvalue weighted by molar-refractivity contribution is 5.71. The van der Waals surface area contributed by atoms with Crippen molar-refractivity contribution in [2.45, 2.75) is 31.6 Å². The highest BCUT2D eigenvalue weighted by Gasteiger charge is 2.34. The van der Waals surface area contributed by atoms with Gasteiger partial charge in [-0.15, -0.1) is 10.2 Å². The standard InChI is InChI=1S/C10H15N3O2/c1-13-6-11-12-9(13)7-4-2-3-5-8(7)10(14)15/h6-8H,2-5H2,1H3,(H,14,15)/t7-,8+/m1/s1. The van der Waals surface area contributed by atoms with Crippen molar-refractivity contribution in [3.8, 4) is 0 Å². The van der Waals surface area contributed by atoms with Crippen molar-refractivity contribution in [3.63, 3.8) is 0 Å². The summed E-state index contributed by atoms with van der Waals surface area (Å²) in [4.78, 5) is 11.1. The molecular formula is C10H15N3O2. The molecule has 1 aromatic heterocycles. The highest BCUT2D eigenvalue weighted by Crippen LogP contribution is 2.36. The van der Waals surface area contributed by atoms with Crippen molar-refractivity contribution in [2.75, 3.05) is 0 Å². The Labute approximate surface area is 88.1 Å². The molecule has 0 bridgehead atoms. The van der Waals surface area contributed by atoms with Crippen LogP contribution in [-0.4, -0.2) is 25.8 Å². The first-order valence-electron chi connectivity index (χ1n) is 5.27. The van der Waals surface area contributed by atoms with Crippen molar-refractivity contribution in [1.82, 2.24) is 14.8 Å². The Balaban J connectivity index is 2.25. The zero-order valence-corrected chi connectivity index (χ0v) is 8.76. The lowest BCUT2D eigenvalue weighted by Gasteiger charge is -2.27. The van der Waals surface area contributed by atoms with Gasteiger partial charge in [-0.25, -0.2) is 0 Å². The molecule has 0 spiro atoms. The Morgan fingerprint density at radius 2 is 2.27 bits per heavy atom. The van der Waals surface area contributed by atoms with Crippen molar-refractivity contribution in [2.24, 2.45) is 13.0 Å². The minimum atomic E-state index is -0.706. The number of aromatic nitrogens is 3. The number of aliphatic carboxylic acids is 1. The van der Waals surface area contributed by atoms with Crippen LogP contribution in [0.1, 0.15) is 37.4 Å². The van der Waals surface area contributed by atoms with E-state index in [0.29, 0.717) is 0 Å². The second-order valence-electron chi connectivity index (χ2n) is 4.14. The van der Waals surface area contributed by atoms with E-state index < -0.39 is 5.97 Å². The molecule has 0 radical (unpaired) electrons. The van der Waals surface area contributed by atoms with Crippen LogP contribution in [0.25, 0.3) is 0 Å². The summed E-state index contributed by atoms with van der Waals surface area (Å²) < 4.78 is 1.83. The number of carboxylic acids is 1. The molecule has 0 aromatic carbocycles. The third-order valence-corrected chi connectivity index (χ3v) is 3.16. The molecule has 2 rings (SSSR count). The molecule has 0 saturated heterocycles. The van der Waals surface area contributed by atoms with Crippen LogP contribution in [0.4, 0.5) is 0 Å². The molecule has 5 heteroatoms. The lowest BCUT2D eigenvalue weighted by atomic mass is 9.79. The molecule has 1 aliphatic carbocycles. The maximum absolute atomic E-state index is 11.1. The number of carbonyl (C=O) groups is 1. The number of hydrogen-bond donors (Lipinski definition) is 1. The van der Waals surface area contributed by atoms with Crippen molar-refractivity contribution < 1.29 is 9.90 Å². The summed E-state index contributed by atoms with van der Waals surface area (Å²) in [6.07, 6.45) is 5.38. The first-order valence-corrected chi connectivity index (χ1v) is 5.27. The van der Waals surface area contributed by atoms with Gasteiger partial charge in [0, 0.05) is 13.0 Å². The average molecular weight is 209 g/mol. The van der Waals surface area contributed by atoms with E-state index in [2.05, 4.69) is 10.2 Å². The van der Waals surface area contributed by atoms with Gasteiger partial charge in [0.05, 0.1) is 5.92 Å². The maximum atomic E-state index is 11.1. The highest BCUT2D eigenvalue weighted by atomic mass is 16.4. The summed E-state index contributed by atoms with van der Waals surface area (Å²) in [6.45, 7) is 0. The molecule has 1 saturated carbocycles. The smallest absolute Gasteiger partial charge is 0.307 e. The molecule has 2 atom stereocenters. The minimum absolute atomic E-state index is 0.0312. The summed E-state index contributed by atoms with van der Waals surface area (Å²) in [7, 11) is 1.86. The molecular weight excluding hydrogens is 194 g/mol. The molecule has 0 aliphatic heterocycles. The van der Waals surface area contributed by atoms with Gasteiger partial charge in [0.1, 0.15) is 12.2 Å². The van der Waals surface area contributed by atoms with E-state index in [1.54, 1.807) is 6.33 Å². The fourth-order valence-corrected chi connectivity index (χ4v) is 2.36. The normalized spacial score (nSPS) is 26.5. The van der Waals surface area contributed by atoms with Crippen molar-refractivity contribution >= 4 is 5.97 Å². The fourth-order valence-electron chi connectivity index (χ4n) is 2.36. The van der Waals surface area contributed by atoms with E-state index in [1.165, 1.54) is 0 Å². The van der Waals surface area contributed by atoms with Crippen LogP contribution in [0.5, 0.6) is 0 Å². The summed E-state index contributed by atoms with van der Waals surface area (Å²) in [6, 6.07) is 0. The SMILES string of the molecule is Cn1cnnc1[C@@H]1CCCC[C@@H]1C(=O)O. The average Bonchev–Trinajstić information content (AvgIpc) is 2.64. The van der Waals surface area contributed by atoms with Gasteiger partial charge in [-0.2, -0.15) is 0 Å². The molecule has 1 heterocycles. The molecule has 5 nitrogen and oxygen atoms in total. The molecule has 1 aliphatic rings. The van der Waals surface area contributed by atoms with E-state index in [1.807, 2.05) is 11.6 Å². The molecule has 1 aromatic rings. The Hall–Kier alpha value is -1.39.